The van der Waals surface area contributed by atoms with Gasteiger partial charge < -0.3 is 4.55 Å². The van der Waals surface area contributed by atoms with E-state index in [2.05, 4.69) is 0 Å². The van der Waals surface area contributed by atoms with Gasteiger partial charge in [0.05, 0.1) is 5.75 Å². The number of hydrogen-bond donors (Lipinski definition) is 1. The summed E-state index contributed by atoms with van der Waals surface area (Å²) < 4.78 is 18.8. The molecular formula is C8H10O2SY. The van der Waals surface area contributed by atoms with Crippen molar-refractivity contribution in [2.24, 2.45) is 0 Å². The number of benzene rings is 1. The zero-order valence-electron chi connectivity index (χ0n) is 6.64. The van der Waals surface area contributed by atoms with Crippen LogP contribution in [-0.2, 0) is 50.2 Å². The largest absolute Gasteiger partial charge is 0.306 e. The maximum Gasteiger partial charge on any atom is 0.153 e. The van der Waals surface area contributed by atoms with Gasteiger partial charge in [-0.2, -0.15) is 0 Å². The molecule has 0 aliphatic rings. The van der Waals surface area contributed by atoms with Crippen molar-refractivity contribution < 1.29 is 41.5 Å². The van der Waals surface area contributed by atoms with Crippen molar-refractivity contribution in [3.8, 4) is 0 Å². The molecule has 1 atom stereocenters. The second-order valence-corrected chi connectivity index (χ2v) is 3.31. The van der Waals surface area contributed by atoms with Crippen LogP contribution in [0.5, 0.6) is 0 Å². The Hall–Kier alpha value is 0.434. The van der Waals surface area contributed by atoms with Gasteiger partial charge >= 0.3 is 0 Å². The summed E-state index contributed by atoms with van der Waals surface area (Å²) in [4.78, 5) is 0. The average Bonchev–Trinajstić information content (AvgIpc) is 2.03. The van der Waals surface area contributed by atoms with Gasteiger partial charge in [-0.05, 0) is 12.0 Å². The molecule has 0 fully saturated rings. The van der Waals surface area contributed by atoms with Crippen LogP contribution in [-0.4, -0.2) is 14.5 Å². The molecule has 1 N–H and O–H groups in total. The van der Waals surface area contributed by atoms with E-state index in [1.807, 2.05) is 30.3 Å². The molecule has 0 aliphatic carbocycles. The van der Waals surface area contributed by atoms with Gasteiger partial charge in [0.1, 0.15) is 0 Å². The van der Waals surface area contributed by atoms with Crippen molar-refractivity contribution in [2.75, 3.05) is 5.75 Å². The average molecular weight is 259 g/mol. The van der Waals surface area contributed by atoms with E-state index < -0.39 is 11.1 Å². The zero-order valence-corrected chi connectivity index (χ0v) is 10.3. The zero-order chi connectivity index (χ0) is 8.10. The summed E-state index contributed by atoms with van der Waals surface area (Å²) in [6.45, 7) is 0. The fraction of sp³-hybridized carbons (Fsp3) is 0.250. The van der Waals surface area contributed by atoms with Crippen LogP contribution in [0.4, 0.5) is 0 Å². The Balaban J connectivity index is 0.00000121. The smallest absolute Gasteiger partial charge is 0.153 e. The molecule has 0 saturated carbocycles. The Labute approximate surface area is 99.9 Å². The topological polar surface area (TPSA) is 37.3 Å². The molecule has 63 valence electrons. The summed E-state index contributed by atoms with van der Waals surface area (Å²) in [5.74, 6) is 0.323. The summed E-state index contributed by atoms with van der Waals surface area (Å²) in [6, 6.07) is 9.68. The summed E-state index contributed by atoms with van der Waals surface area (Å²) in [5.41, 5.74) is 1.11. The van der Waals surface area contributed by atoms with Crippen LogP contribution in [0.3, 0.4) is 0 Å². The molecule has 1 radical (unpaired) electrons. The second-order valence-electron chi connectivity index (χ2n) is 2.26. The molecule has 4 heteroatoms. The first-order chi connectivity index (χ1) is 5.29. The Morgan fingerprint density at radius 3 is 2.33 bits per heavy atom. The van der Waals surface area contributed by atoms with Crippen LogP contribution in [0.1, 0.15) is 5.56 Å². The number of hydrogen-bond acceptors (Lipinski definition) is 1. The van der Waals surface area contributed by atoms with Crippen molar-refractivity contribution in [3.63, 3.8) is 0 Å². The third-order valence-electron chi connectivity index (χ3n) is 1.41. The van der Waals surface area contributed by atoms with Gasteiger partial charge in [-0.1, -0.05) is 30.3 Å². The Kier molecular flexibility index (Phi) is 7.15. The van der Waals surface area contributed by atoms with E-state index in [4.69, 9.17) is 4.55 Å². The maximum absolute atomic E-state index is 10.3. The molecule has 0 aliphatic heterocycles. The van der Waals surface area contributed by atoms with E-state index in [1.165, 1.54) is 0 Å². The van der Waals surface area contributed by atoms with Crippen molar-refractivity contribution >= 4 is 11.1 Å². The van der Waals surface area contributed by atoms with Gasteiger partial charge in [-0.15, -0.1) is 0 Å². The van der Waals surface area contributed by atoms with E-state index in [1.54, 1.807) is 0 Å². The molecule has 1 unspecified atom stereocenters. The normalized spacial score (nSPS) is 11.8. The molecule has 0 aromatic heterocycles. The van der Waals surface area contributed by atoms with Crippen molar-refractivity contribution in [1.29, 1.82) is 0 Å². The standard InChI is InChI=1S/C8H10O2S.Y/c9-11(10)7-6-8-4-2-1-3-5-8;/h1-5H,6-7H2,(H,9,10);. The van der Waals surface area contributed by atoms with Crippen molar-refractivity contribution in [2.45, 2.75) is 6.42 Å². The Morgan fingerprint density at radius 1 is 1.25 bits per heavy atom. The Morgan fingerprint density at radius 2 is 1.83 bits per heavy atom. The predicted octanol–water partition coefficient (Wildman–Crippen LogP) is 1.45. The summed E-state index contributed by atoms with van der Waals surface area (Å²) in [7, 11) is 0. The summed E-state index contributed by atoms with van der Waals surface area (Å²) in [6.07, 6.45) is 0.671. The first-order valence-electron chi connectivity index (χ1n) is 3.40. The van der Waals surface area contributed by atoms with E-state index in [9.17, 15) is 4.21 Å². The molecule has 2 nitrogen and oxygen atoms in total. The maximum atomic E-state index is 10.3. The van der Waals surface area contributed by atoms with Gasteiger partial charge in [-0.3, -0.25) is 0 Å². The van der Waals surface area contributed by atoms with Crippen LogP contribution in [0.15, 0.2) is 30.3 Å². The van der Waals surface area contributed by atoms with Gasteiger partial charge in [0.2, 0.25) is 0 Å². The van der Waals surface area contributed by atoms with Crippen LogP contribution >= 0.6 is 0 Å². The van der Waals surface area contributed by atoms with Crippen molar-refractivity contribution in [1.82, 2.24) is 0 Å². The molecule has 0 spiro atoms. The van der Waals surface area contributed by atoms with Crippen LogP contribution in [0, 0.1) is 0 Å². The minimum atomic E-state index is -1.67. The monoisotopic (exact) mass is 259 g/mol. The molecule has 0 saturated heterocycles. The first-order valence-corrected chi connectivity index (χ1v) is 4.68. The Bertz CT molecular complexity index is 238. The molecule has 0 amide bonds. The minimum Gasteiger partial charge on any atom is -0.306 e. The van der Waals surface area contributed by atoms with Crippen molar-refractivity contribution in [3.05, 3.63) is 35.9 Å². The van der Waals surface area contributed by atoms with E-state index in [0.29, 0.717) is 12.2 Å². The van der Waals surface area contributed by atoms with E-state index in [0.717, 1.165) is 5.56 Å². The molecular weight excluding hydrogens is 249 g/mol. The van der Waals surface area contributed by atoms with Gasteiger partial charge in [0.25, 0.3) is 0 Å². The predicted molar refractivity (Wildman–Crippen MR) is 45.8 cm³/mol. The fourth-order valence-corrected chi connectivity index (χ4v) is 1.26. The van der Waals surface area contributed by atoms with E-state index in [-0.39, 0.29) is 32.7 Å². The first kappa shape index (κ1) is 12.4. The molecule has 12 heavy (non-hydrogen) atoms. The third kappa shape index (κ3) is 5.15. The summed E-state index contributed by atoms with van der Waals surface area (Å²) >= 11 is -1.67. The SMILES string of the molecule is O=S(O)CCc1ccccc1.[Y]. The third-order valence-corrected chi connectivity index (χ3v) is 1.96. The number of rotatable bonds is 3. The summed E-state index contributed by atoms with van der Waals surface area (Å²) in [5, 5.41) is 0. The number of aryl methyl sites for hydroxylation is 1. The second kappa shape index (κ2) is 6.90. The van der Waals surface area contributed by atoms with Gasteiger partial charge in [0.15, 0.2) is 11.1 Å². The molecule has 0 bridgehead atoms. The fourth-order valence-electron chi connectivity index (χ4n) is 0.850. The van der Waals surface area contributed by atoms with Crippen LogP contribution in [0.25, 0.3) is 0 Å². The molecule has 0 heterocycles. The van der Waals surface area contributed by atoms with Crippen LogP contribution in [0.2, 0.25) is 0 Å². The van der Waals surface area contributed by atoms with Crippen LogP contribution < -0.4 is 0 Å². The minimum absolute atomic E-state index is 0. The quantitative estimate of drug-likeness (QED) is 0.834. The van der Waals surface area contributed by atoms with Gasteiger partial charge in [-0.25, -0.2) is 4.21 Å². The molecule has 1 aromatic carbocycles. The molecule has 1 rings (SSSR count). The van der Waals surface area contributed by atoms with Gasteiger partial charge in [0, 0.05) is 32.7 Å². The van der Waals surface area contributed by atoms with E-state index >= 15 is 0 Å². The molecule has 1 aromatic rings.